The first-order chi connectivity index (χ1) is 8.15. The van der Waals surface area contributed by atoms with Gasteiger partial charge in [-0.1, -0.05) is 18.2 Å². The van der Waals surface area contributed by atoms with Gasteiger partial charge in [0.1, 0.15) is 0 Å². The number of aromatic nitrogens is 1. The Hall–Kier alpha value is -1.68. The summed E-state index contributed by atoms with van der Waals surface area (Å²) in [6, 6.07) is 6.07. The minimum atomic E-state index is -0.385. The summed E-state index contributed by atoms with van der Waals surface area (Å²) < 4.78 is 4.74. The summed E-state index contributed by atoms with van der Waals surface area (Å²) in [6.07, 6.45) is 0. The Balaban J connectivity index is 2.62. The summed E-state index contributed by atoms with van der Waals surface area (Å²) in [5.41, 5.74) is 5.43. The predicted molar refractivity (Wildman–Crippen MR) is 68.4 cm³/mol. The third-order valence-corrected chi connectivity index (χ3v) is 3.50. The zero-order valence-electron chi connectivity index (χ0n) is 9.98. The Morgan fingerprint density at radius 3 is 2.53 bits per heavy atom. The number of carbonyl (C=O) groups excluding carboxylic acids is 1. The van der Waals surface area contributed by atoms with E-state index in [-0.39, 0.29) is 5.97 Å². The molecule has 0 fully saturated rings. The molecule has 0 radical (unpaired) electrons. The van der Waals surface area contributed by atoms with Crippen molar-refractivity contribution in [1.82, 2.24) is 4.98 Å². The van der Waals surface area contributed by atoms with Crippen LogP contribution in [0.25, 0.3) is 10.4 Å². The standard InChI is InChI=1S/C13H13NO2S/c1-8-5-4-6-9(2)10(8)12-11(13(15)16-3)14-7-17-12/h4-7H,1-3H3. The van der Waals surface area contributed by atoms with Crippen LogP contribution in [0.15, 0.2) is 23.7 Å². The number of rotatable bonds is 2. The Labute approximate surface area is 104 Å². The molecule has 0 saturated heterocycles. The molecule has 2 rings (SSSR count). The molecule has 0 aliphatic heterocycles. The fourth-order valence-electron chi connectivity index (χ4n) is 1.84. The van der Waals surface area contributed by atoms with Crippen molar-refractivity contribution in [3.63, 3.8) is 0 Å². The average molecular weight is 247 g/mol. The third kappa shape index (κ3) is 2.08. The van der Waals surface area contributed by atoms with E-state index in [4.69, 9.17) is 4.74 Å². The fraction of sp³-hybridized carbons (Fsp3) is 0.231. The second-order valence-corrected chi connectivity index (χ2v) is 4.64. The number of methoxy groups -OCH3 is 1. The van der Waals surface area contributed by atoms with Crippen molar-refractivity contribution in [2.75, 3.05) is 7.11 Å². The molecule has 0 aliphatic rings. The van der Waals surface area contributed by atoms with Gasteiger partial charge in [-0.2, -0.15) is 0 Å². The molecule has 1 heterocycles. The van der Waals surface area contributed by atoms with Crippen molar-refractivity contribution in [1.29, 1.82) is 0 Å². The number of ether oxygens (including phenoxy) is 1. The van der Waals surface area contributed by atoms with Gasteiger partial charge in [0.05, 0.1) is 17.5 Å². The molecule has 88 valence electrons. The van der Waals surface area contributed by atoms with Crippen molar-refractivity contribution in [3.8, 4) is 10.4 Å². The van der Waals surface area contributed by atoms with E-state index in [0.717, 1.165) is 21.6 Å². The molecule has 0 atom stereocenters. The van der Waals surface area contributed by atoms with Gasteiger partial charge in [0.2, 0.25) is 0 Å². The van der Waals surface area contributed by atoms with Gasteiger partial charge in [-0.05, 0) is 25.0 Å². The van der Waals surface area contributed by atoms with Crippen LogP contribution in [0, 0.1) is 13.8 Å². The lowest BCUT2D eigenvalue weighted by molar-refractivity contribution is 0.0596. The van der Waals surface area contributed by atoms with Gasteiger partial charge in [0.25, 0.3) is 0 Å². The number of benzene rings is 1. The second kappa shape index (κ2) is 4.67. The molecule has 0 aliphatic carbocycles. The van der Waals surface area contributed by atoms with E-state index in [1.165, 1.54) is 18.4 Å². The predicted octanol–water partition coefficient (Wildman–Crippen LogP) is 3.21. The lowest BCUT2D eigenvalue weighted by Crippen LogP contribution is -2.03. The SMILES string of the molecule is COC(=O)c1ncsc1-c1c(C)cccc1C. The van der Waals surface area contributed by atoms with Crippen LogP contribution < -0.4 is 0 Å². The largest absolute Gasteiger partial charge is 0.464 e. The smallest absolute Gasteiger partial charge is 0.358 e. The van der Waals surface area contributed by atoms with Crippen LogP contribution in [0.3, 0.4) is 0 Å². The van der Waals surface area contributed by atoms with Crippen molar-refractivity contribution in [3.05, 3.63) is 40.5 Å². The molecule has 0 spiro atoms. The first kappa shape index (κ1) is 11.8. The van der Waals surface area contributed by atoms with Crippen LogP contribution in [-0.4, -0.2) is 18.1 Å². The zero-order valence-corrected chi connectivity index (χ0v) is 10.8. The maximum atomic E-state index is 11.6. The van der Waals surface area contributed by atoms with Gasteiger partial charge < -0.3 is 4.74 Å². The van der Waals surface area contributed by atoms with E-state index in [9.17, 15) is 4.79 Å². The summed E-state index contributed by atoms with van der Waals surface area (Å²) in [6.45, 7) is 4.06. The van der Waals surface area contributed by atoms with Crippen molar-refractivity contribution < 1.29 is 9.53 Å². The highest BCUT2D eigenvalue weighted by molar-refractivity contribution is 7.13. The zero-order chi connectivity index (χ0) is 12.4. The van der Waals surface area contributed by atoms with Crippen LogP contribution in [0.5, 0.6) is 0 Å². The van der Waals surface area contributed by atoms with Gasteiger partial charge in [0.15, 0.2) is 5.69 Å². The quantitative estimate of drug-likeness (QED) is 0.765. The van der Waals surface area contributed by atoms with Crippen molar-refractivity contribution in [2.24, 2.45) is 0 Å². The van der Waals surface area contributed by atoms with Crippen LogP contribution in [0.2, 0.25) is 0 Å². The molecular weight excluding hydrogens is 234 g/mol. The second-order valence-electron chi connectivity index (χ2n) is 3.79. The van der Waals surface area contributed by atoms with Crippen LogP contribution in [0.1, 0.15) is 21.6 Å². The average Bonchev–Trinajstić information content (AvgIpc) is 2.77. The molecule has 3 nitrogen and oxygen atoms in total. The summed E-state index contributed by atoms with van der Waals surface area (Å²) in [5, 5.41) is 0. The number of hydrogen-bond acceptors (Lipinski definition) is 4. The van der Waals surface area contributed by atoms with Gasteiger partial charge >= 0.3 is 5.97 Å². The minimum Gasteiger partial charge on any atom is -0.464 e. The first-order valence-electron chi connectivity index (χ1n) is 5.23. The maximum Gasteiger partial charge on any atom is 0.358 e. The molecule has 1 aromatic heterocycles. The van der Waals surface area contributed by atoms with Crippen LogP contribution in [-0.2, 0) is 4.74 Å². The fourth-order valence-corrected chi connectivity index (χ4v) is 2.79. The minimum absolute atomic E-state index is 0.385. The van der Waals surface area contributed by atoms with E-state index in [1.807, 2.05) is 32.0 Å². The third-order valence-electron chi connectivity index (χ3n) is 2.65. The molecule has 0 unspecified atom stereocenters. The Morgan fingerprint density at radius 1 is 1.29 bits per heavy atom. The normalized spacial score (nSPS) is 10.3. The molecule has 0 N–H and O–H groups in total. The van der Waals surface area contributed by atoms with Crippen molar-refractivity contribution in [2.45, 2.75) is 13.8 Å². The molecule has 2 aromatic rings. The Morgan fingerprint density at radius 2 is 1.94 bits per heavy atom. The van der Waals surface area contributed by atoms with E-state index >= 15 is 0 Å². The molecule has 17 heavy (non-hydrogen) atoms. The highest BCUT2D eigenvalue weighted by Gasteiger charge is 2.19. The molecular formula is C13H13NO2S. The topological polar surface area (TPSA) is 39.2 Å². The van der Waals surface area contributed by atoms with E-state index < -0.39 is 0 Å². The number of esters is 1. The first-order valence-corrected chi connectivity index (χ1v) is 6.11. The molecule has 1 aromatic carbocycles. The molecule has 0 bridgehead atoms. The number of aryl methyl sites for hydroxylation is 2. The number of nitrogens with zero attached hydrogens (tertiary/aromatic N) is 1. The van der Waals surface area contributed by atoms with Gasteiger partial charge in [0, 0.05) is 5.56 Å². The van der Waals surface area contributed by atoms with Gasteiger partial charge in [-0.25, -0.2) is 9.78 Å². The molecule has 0 saturated carbocycles. The number of thiazole rings is 1. The summed E-state index contributed by atoms with van der Waals surface area (Å²) in [7, 11) is 1.37. The maximum absolute atomic E-state index is 11.6. The van der Waals surface area contributed by atoms with Crippen molar-refractivity contribution >= 4 is 17.3 Å². The lowest BCUT2D eigenvalue weighted by atomic mass is 10.0. The lowest BCUT2D eigenvalue weighted by Gasteiger charge is -2.08. The van der Waals surface area contributed by atoms with Crippen LogP contribution in [0.4, 0.5) is 0 Å². The summed E-state index contributed by atoms with van der Waals surface area (Å²) >= 11 is 1.46. The highest BCUT2D eigenvalue weighted by atomic mass is 32.1. The molecule has 0 amide bonds. The summed E-state index contributed by atoms with van der Waals surface area (Å²) in [5.74, 6) is -0.385. The number of carbonyl (C=O) groups is 1. The van der Waals surface area contributed by atoms with E-state index in [2.05, 4.69) is 4.98 Å². The molecule has 4 heteroatoms. The van der Waals surface area contributed by atoms with E-state index in [0.29, 0.717) is 5.69 Å². The van der Waals surface area contributed by atoms with Crippen LogP contribution >= 0.6 is 11.3 Å². The van der Waals surface area contributed by atoms with E-state index in [1.54, 1.807) is 5.51 Å². The van der Waals surface area contributed by atoms with Gasteiger partial charge in [-0.3, -0.25) is 0 Å². The Bertz CT molecular complexity index is 540. The summed E-state index contributed by atoms with van der Waals surface area (Å²) in [4.78, 5) is 16.6. The van der Waals surface area contributed by atoms with Gasteiger partial charge in [-0.15, -0.1) is 11.3 Å². The Kier molecular flexibility index (Phi) is 3.24. The highest BCUT2D eigenvalue weighted by Crippen LogP contribution is 2.33. The monoisotopic (exact) mass is 247 g/mol. The number of hydrogen-bond donors (Lipinski definition) is 0.